The van der Waals surface area contributed by atoms with E-state index in [9.17, 15) is 13.2 Å². The number of benzene rings is 2. The predicted molar refractivity (Wildman–Crippen MR) is 86.8 cm³/mol. The van der Waals surface area contributed by atoms with Crippen LogP contribution in [0.1, 0.15) is 0 Å². The maximum absolute atomic E-state index is 12.4. The molecular weight excluding hydrogens is 324 g/mol. The first-order chi connectivity index (χ1) is 10.4. The van der Waals surface area contributed by atoms with Gasteiger partial charge in [0.15, 0.2) is 0 Å². The van der Waals surface area contributed by atoms with E-state index in [-0.39, 0.29) is 10.5 Å². The standard InChI is InChI=1S/C15H11ClN2O3S/c16-11-2-4-12(5-3-11)18-22(20,21)13-6-7-14-10(9-13)1-8-15(19)17-14/h1-9,18H,(H,17,19). The first-order valence-electron chi connectivity index (χ1n) is 6.35. The van der Waals surface area contributed by atoms with E-state index >= 15 is 0 Å². The molecule has 0 radical (unpaired) electrons. The summed E-state index contributed by atoms with van der Waals surface area (Å²) < 4.78 is 27.2. The average Bonchev–Trinajstić information content (AvgIpc) is 2.49. The van der Waals surface area contributed by atoms with Crippen molar-refractivity contribution in [1.29, 1.82) is 0 Å². The Hall–Kier alpha value is -2.31. The summed E-state index contributed by atoms with van der Waals surface area (Å²) in [5.74, 6) is 0. The van der Waals surface area contributed by atoms with Gasteiger partial charge in [-0.3, -0.25) is 9.52 Å². The Balaban J connectivity index is 1.99. The number of aromatic amines is 1. The molecule has 0 unspecified atom stereocenters. The minimum atomic E-state index is -3.71. The highest BCUT2D eigenvalue weighted by Crippen LogP contribution is 2.21. The Labute approximate surface area is 131 Å². The van der Waals surface area contributed by atoms with E-state index in [0.717, 1.165) is 0 Å². The van der Waals surface area contributed by atoms with Crippen molar-refractivity contribution < 1.29 is 8.42 Å². The van der Waals surface area contributed by atoms with Gasteiger partial charge in [-0.15, -0.1) is 0 Å². The molecule has 112 valence electrons. The lowest BCUT2D eigenvalue weighted by atomic mass is 10.2. The normalized spacial score (nSPS) is 11.5. The molecule has 2 N–H and O–H groups in total. The van der Waals surface area contributed by atoms with Gasteiger partial charge in [-0.25, -0.2) is 8.42 Å². The van der Waals surface area contributed by atoms with E-state index in [4.69, 9.17) is 11.6 Å². The van der Waals surface area contributed by atoms with Gasteiger partial charge in [-0.2, -0.15) is 0 Å². The molecule has 1 aromatic heterocycles. The van der Waals surface area contributed by atoms with E-state index in [1.54, 1.807) is 36.4 Å². The second-order valence-electron chi connectivity index (χ2n) is 4.68. The van der Waals surface area contributed by atoms with Crippen LogP contribution in [0.25, 0.3) is 10.9 Å². The fourth-order valence-corrected chi connectivity index (χ4v) is 3.25. The van der Waals surface area contributed by atoms with Crippen molar-refractivity contribution >= 4 is 38.2 Å². The van der Waals surface area contributed by atoms with Crippen molar-refractivity contribution in [3.63, 3.8) is 0 Å². The molecule has 2 aromatic carbocycles. The zero-order chi connectivity index (χ0) is 15.7. The highest BCUT2D eigenvalue weighted by Gasteiger charge is 2.14. The lowest BCUT2D eigenvalue weighted by molar-refractivity contribution is 0.601. The van der Waals surface area contributed by atoms with Crippen LogP contribution in [0.3, 0.4) is 0 Å². The average molecular weight is 335 g/mol. The Morgan fingerprint density at radius 2 is 1.68 bits per heavy atom. The second kappa shape index (κ2) is 5.47. The maximum atomic E-state index is 12.4. The van der Waals surface area contributed by atoms with Crippen molar-refractivity contribution in [3.8, 4) is 0 Å². The molecule has 0 amide bonds. The number of halogens is 1. The van der Waals surface area contributed by atoms with E-state index in [1.165, 1.54) is 18.2 Å². The van der Waals surface area contributed by atoms with Gasteiger partial charge >= 0.3 is 0 Å². The highest BCUT2D eigenvalue weighted by molar-refractivity contribution is 7.92. The molecule has 0 atom stereocenters. The molecule has 0 aliphatic heterocycles. The number of H-pyrrole nitrogens is 1. The van der Waals surface area contributed by atoms with Gasteiger partial charge in [0.25, 0.3) is 10.0 Å². The molecule has 0 saturated carbocycles. The van der Waals surface area contributed by atoms with Crippen LogP contribution in [-0.2, 0) is 10.0 Å². The van der Waals surface area contributed by atoms with Crippen LogP contribution in [0.15, 0.2) is 64.3 Å². The van der Waals surface area contributed by atoms with Gasteiger partial charge in [0.05, 0.1) is 4.90 Å². The minimum Gasteiger partial charge on any atom is -0.322 e. The Bertz CT molecular complexity index is 995. The Morgan fingerprint density at radius 1 is 0.955 bits per heavy atom. The topological polar surface area (TPSA) is 79.0 Å². The van der Waals surface area contributed by atoms with E-state index in [2.05, 4.69) is 9.71 Å². The fourth-order valence-electron chi connectivity index (χ4n) is 2.03. The van der Waals surface area contributed by atoms with Gasteiger partial charge in [0, 0.05) is 22.3 Å². The van der Waals surface area contributed by atoms with Crippen LogP contribution in [0.4, 0.5) is 5.69 Å². The summed E-state index contributed by atoms with van der Waals surface area (Å²) in [7, 11) is -3.71. The van der Waals surface area contributed by atoms with Gasteiger partial charge < -0.3 is 4.98 Å². The first kappa shape index (κ1) is 14.6. The van der Waals surface area contributed by atoms with E-state index < -0.39 is 10.0 Å². The molecule has 3 rings (SSSR count). The number of hydrogen-bond acceptors (Lipinski definition) is 3. The van der Waals surface area contributed by atoms with Crippen LogP contribution >= 0.6 is 11.6 Å². The molecule has 1 heterocycles. The number of aromatic nitrogens is 1. The van der Waals surface area contributed by atoms with Crippen LogP contribution in [-0.4, -0.2) is 13.4 Å². The van der Waals surface area contributed by atoms with Crippen LogP contribution in [0, 0.1) is 0 Å². The summed E-state index contributed by atoms with van der Waals surface area (Å²) in [6, 6.07) is 13.8. The third kappa shape index (κ3) is 2.98. The number of hydrogen-bond donors (Lipinski definition) is 2. The monoisotopic (exact) mass is 334 g/mol. The summed E-state index contributed by atoms with van der Waals surface area (Å²) in [5, 5.41) is 1.16. The van der Waals surface area contributed by atoms with Gasteiger partial charge in [-0.05, 0) is 53.9 Å². The summed E-state index contributed by atoms with van der Waals surface area (Å²) >= 11 is 5.77. The first-order valence-corrected chi connectivity index (χ1v) is 8.22. The highest BCUT2D eigenvalue weighted by atomic mass is 35.5. The summed E-state index contributed by atoms with van der Waals surface area (Å²) in [6.07, 6.45) is 0. The predicted octanol–water partition coefficient (Wildman–Crippen LogP) is 2.98. The van der Waals surface area contributed by atoms with E-state index in [0.29, 0.717) is 21.6 Å². The molecule has 3 aromatic rings. The SMILES string of the molecule is O=c1ccc2cc(S(=O)(=O)Nc3ccc(Cl)cc3)ccc2[nH]1. The molecule has 0 saturated heterocycles. The third-order valence-corrected chi connectivity index (χ3v) is 4.73. The van der Waals surface area contributed by atoms with Crippen molar-refractivity contribution in [2.45, 2.75) is 4.90 Å². The van der Waals surface area contributed by atoms with Gasteiger partial charge in [0.1, 0.15) is 0 Å². The van der Waals surface area contributed by atoms with Crippen molar-refractivity contribution in [1.82, 2.24) is 4.98 Å². The number of sulfonamides is 1. The van der Waals surface area contributed by atoms with Gasteiger partial charge in [-0.1, -0.05) is 11.6 Å². The maximum Gasteiger partial charge on any atom is 0.261 e. The number of fused-ring (bicyclic) bond motifs is 1. The van der Waals surface area contributed by atoms with Crippen molar-refractivity contribution in [3.05, 3.63) is 70.0 Å². The molecule has 0 aliphatic rings. The number of nitrogens with one attached hydrogen (secondary N) is 2. The third-order valence-electron chi connectivity index (χ3n) is 3.10. The molecule has 7 heteroatoms. The molecule has 0 fully saturated rings. The number of pyridine rings is 1. The van der Waals surface area contributed by atoms with Crippen LogP contribution < -0.4 is 10.3 Å². The van der Waals surface area contributed by atoms with Gasteiger partial charge in [0.2, 0.25) is 5.56 Å². The summed E-state index contributed by atoms with van der Waals surface area (Å²) in [5.41, 5.74) is 0.770. The quantitative estimate of drug-likeness (QED) is 0.772. The zero-order valence-electron chi connectivity index (χ0n) is 11.2. The number of anilines is 1. The molecule has 0 spiro atoms. The largest absolute Gasteiger partial charge is 0.322 e. The minimum absolute atomic E-state index is 0.113. The lowest BCUT2D eigenvalue weighted by Crippen LogP contribution is -2.13. The number of rotatable bonds is 3. The molecule has 22 heavy (non-hydrogen) atoms. The smallest absolute Gasteiger partial charge is 0.261 e. The Kier molecular flexibility index (Phi) is 3.64. The van der Waals surface area contributed by atoms with Crippen LogP contribution in [0.5, 0.6) is 0 Å². The second-order valence-corrected chi connectivity index (χ2v) is 6.80. The van der Waals surface area contributed by atoms with Crippen LogP contribution in [0.2, 0.25) is 5.02 Å². The molecule has 0 bridgehead atoms. The van der Waals surface area contributed by atoms with Crippen molar-refractivity contribution in [2.75, 3.05) is 4.72 Å². The summed E-state index contributed by atoms with van der Waals surface area (Å²) in [6.45, 7) is 0. The van der Waals surface area contributed by atoms with E-state index in [1.807, 2.05) is 0 Å². The summed E-state index contributed by atoms with van der Waals surface area (Å²) in [4.78, 5) is 14.0. The Morgan fingerprint density at radius 3 is 2.41 bits per heavy atom. The molecular formula is C15H11ClN2O3S. The zero-order valence-corrected chi connectivity index (χ0v) is 12.8. The fraction of sp³-hybridized carbons (Fsp3) is 0. The molecule has 5 nitrogen and oxygen atoms in total. The molecule has 0 aliphatic carbocycles. The lowest BCUT2D eigenvalue weighted by Gasteiger charge is -2.09. The van der Waals surface area contributed by atoms with Crippen molar-refractivity contribution in [2.24, 2.45) is 0 Å².